The smallest absolute Gasteiger partial charge is 0.335 e. The molecule has 3 aliphatic rings. The Labute approximate surface area is 248 Å². The average Bonchev–Trinajstić information content (AvgIpc) is 3.46. The third kappa shape index (κ3) is 5.41. The fraction of sp³-hybridized carbons (Fsp3) is 0.394. The van der Waals surface area contributed by atoms with Gasteiger partial charge in [-0.15, -0.1) is 0 Å². The minimum atomic E-state index is -0.940. The first-order valence-corrected chi connectivity index (χ1v) is 14.9. The number of rotatable bonds is 9. The van der Waals surface area contributed by atoms with E-state index >= 15 is 0 Å². The number of benzene rings is 2. The summed E-state index contributed by atoms with van der Waals surface area (Å²) in [6.45, 7) is 1.48. The number of carboxylic acid groups (broad SMARTS) is 1. The van der Waals surface area contributed by atoms with Crippen LogP contribution in [-0.4, -0.2) is 50.4 Å². The summed E-state index contributed by atoms with van der Waals surface area (Å²) in [7, 11) is 0. The van der Waals surface area contributed by atoms with Gasteiger partial charge in [0.05, 0.1) is 40.9 Å². The van der Waals surface area contributed by atoms with Gasteiger partial charge in [-0.25, -0.2) is 14.2 Å². The summed E-state index contributed by atoms with van der Waals surface area (Å²) < 4.78 is 28.1. The van der Waals surface area contributed by atoms with E-state index in [0.717, 1.165) is 67.8 Å². The van der Waals surface area contributed by atoms with Crippen molar-refractivity contribution in [2.24, 2.45) is 5.92 Å². The maximum atomic E-state index is 14.3. The van der Waals surface area contributed by atoms with Gasteiger partial charge in [0.2, 0.25) is 5.88 Å². The Morgan fingerprint density at radius 1 is 1.09 bits per heavy atom. The first-order chi connectivity index (χ1) is 20.9. The van der Waals surface area contributed by atoms with Gasteiger partial charge in [0.15, 0.2) is 0 Å². The van der Waals surface area contributed by atoms with Crippen LogP contribution in [-0.2, 0) is 24.3 Å². The van der Waals surface area contributed by atoms with Crippen molar-refractivity contribution in [1.29, 1.82) is 5.26 Å². The molecule has 0 spiro atoms. The topological polar surface area (TPSA) is 114 Å². The highest BCUT2D eigenvalue weighted by molar-refractivity contribution is 5.92. The van der Waals surface area contributed by atoms with Crippen molar-refractivity contribution in [3.8, 4) is 11.9 Å². The molecular formula is C33H32FN5O4. The number of ether oxygens (including phenoxy) is 2. The molecular weight excluding hydrogens is 549 g/mol. The fourth-order valence-electron chi connectivity index (χ4n) is 6.90. The Morgan fingerprint density at radius 2 is 1.91 bits per heavy atom. The number of hydrogen-bond donors (Lipinski definition) is 1. The van der Waals surface area contributed by atoms with Crippen LogP contribution in [0.15, 0.2) is 54.6 Å². The molecule has 0 radical (unpaired) electrons. The summed E-state index contributed by atoms with van der Waals surface area (Å²) >= 11 is 0. The molecule has 3 aliphatic heterocycles. The van der Waals surface area contributed by atoms with Crippen LogP contribution in [0.1, 0.15) is 59.4 Å². The number of nitriles is 1. The number of pyridine rings is 1. The largest absolute Gasteiger partial charge is 0.478 e. The first-order valence-electron chi connectivity index (χ1n) is 14.9. The van der Waals surface area contributed by atoms with E-state index in [4.69, 9.17) is 24.7 Å². The van der Waals surface area contributed by atoms with Gasteiger partial charge in [-0.2, -0.15) is 10.2 Å². The van der Waals surface area contributed by atoms with Crippen LogP contribution in [0.25, 0.3) is 11.0 Å². The predicted molar refractivity (Wildman–Crippen MR) is 156 cm³/mol. The molecule has 43 heavy (non-hydrogen) atoms. The zero-order valence-electron chi connectivity index (χ0n) is 23.7. The summed E-state index contributed by atoms with van der Waals surface area (Å²) in [6, 6.07) is 17.9. The normalized spacial score (nSPS) is 22.7. The van der Waals surface area contributed by atoms with E-state index in [0.29, 0.717) is 36.0 Å². The Bertz CT molecular complexity index is 1710. The van der Waals surface area contributed by atoms with E-state index in [2.05, 4.69) is 9.47 Å². The second kappa shape index (κ2) is 11.3. The van der Waals surface area contributed by atoms with Crippen molar-refractivity contribution in [1.82, 2.24) is 14.5 Å². The highest BCUT2D eigenvalue weighted by atomic mass is 19.1. The van der Waals surface area contributed by atoms with Crippen LogP contribution in [0.2, 0.25) is 0 Å². The third-order valence-electron chi connectivity index (χ3n) is 9.09. The number of imidazole rings is 1. The molecule has 7 rings (SSSR count). The van der Waals surface area contributed by atoms with Gasteiger partial charge in [-0.3, -0.25) is 0 Å². The standard InChI is InChI=1S/C33H32FN5O4/c34-27-14-20(17-35)4-5-23(27)19-43-32-3-1-2-30(37-32)39-24-7-8-25(39)13-21(12-24)15-31-36-28-9-6-22(33(40)41)16-29(28)38(31)18-26-10-11-42-26/h1-6,9,14,16,21,24-26H,7-8,10-13,15,18-19H2,(H,40,41)/t21?,24?,25?,26-/m0/s1. The molecule has 2 aromatic carbocycles. The van der Waals surface area contributed by atoms with Crippen LogP contribution in [0.5, 0.6) is 5.88 Å². The van der Waals surface area contributed by atoms with Gasteiger partial charge in [0, 0.05) is 36.7 Å². The number of halogens is 1. The second-order valence-corrected chi connectivity index (χ2v) is 11.8. The minimum Gasteiger partial charge on any atom is -0.478 e. The molecule has 0 saturated carbocycles. The van der Waals surface area contributed by atoms with Gasteiger partial charge in [0.1, 0.15) is 24.1 Å². The number of aromatic nitrogens is 3. The second-order valence-electron chi connectivity index (χ2n) is 11.8. The number of piperidine rings is 1. The summed E-state index contributed by atoms with van der Waals surface area (Å²) in [5.41, 5.74) is 2.59. The van der Waals surface area contributed by atoms with Crippen molar-refractivity contribution >= 4 is 22.8 Å². The van der Waals surface area contributed by atoms with E-state index in [9.17, 15) is 14.3 Å². The lowest BCUT2D eigenvalue weighted by Crippen LogP contribution is -2.44. The lowest BCUT2D eigenvalue weighted by Gasteiger charge is -2.40. The summed E-state index contributed by atoms with van der Waals surface area (Å²) in [6.07, 6.45) is 6.19. The monoisotopic (exact) mass is 581 g/mol. The number of fused-ring (bicyclic) bond motifs is 3. The van der Waals surface area contributed by atoms with Crippen molar-refractivity contribution < 1.29 is 23.8 Å². The Balaban J connectivity index is 1.06. The molecule has 9 nitrogen and oxygen atoms in total. The minimum absolute atomic E-state index is 0.0315. The van der Waals surface area contributed by atoms with E-state index in [-0.39, 0.29) is 23.8 Å². The first kappa shape index (κ1) is 27.3. The van der Waals surface area contributed by atoms with E-state index < -0.39 is 11.8 Å². The van der Waals surface area contributed by atoms with Crippen molar-refractivity contribution in [2.75, 3.05) is 11.5 Å². The average molecular weight is 582 g/mol. The van der Waals surface area contributed by atoms with Gasteiger partial charge in [-0.05, 0) is 74.4 Å². The number of carbonyl (C=O) groups is 1. The maximum Gasteiger partial charge on any atom is 0.335 e. The molecule has 0 amide bonds. The molecule has 2 aromatic heterocycles. The number of hydrogen-bond acceptors (Lipinski definition) is 7. The highest BCUT2D eigenvalue weighted by Crippen LogP contribution is 2.42. The highest BCUT2D eigenvalue weighted by Gasteiger charge is 2.42. The molecule has 3 saturated heterocycles. The molecule has 1 N–H and O–H groups in total. The van der Waals surface area contributed by atoms with Crippen molar-refractivity contribution in [3.63, 3.8) is 0 Å². The molecule has 4 aromatic rings. The molecule has 220 valence electrons. The lowest BCUT2D eigenvalue weighted by atomic mass is 9.88. The summed E-state index contributed by atoms with van der Waals surface area (Å²) in [5, 5.41) is 18.5. The summed E-state index contributed by atoms with van der Waals surface area (Å²) in [5.74, 6) is 1.35. The summed E-state index contributed by atoms with van der Waals surface area (Å²) in [4.78, 5) is 23.8. The Kier molecular flexibility index (Phi) is 7.19. The number of nitrogens with zero attached hydrogens (tertiary/aromatic N) is 5. The molecule has 2 unspecified atom stereocenters. The molecule has 3 fully saturated rings. The molecule has 5 heterocycles. The van der Waals surface area contributed by atoms with E-state index in [1.807, 2.05) is 24.3 Å². The van der Waals surface area contributed by atoms with Crippen LogP contribution in [0.4, 0.5) is 10.2 Å². The Hall–Kier alpha value is -4.49. The van der Waals surface area contributed by atoms with Crippen LogP contribution < -0.4 is 9.64 Å². The SMILES string of the molecule is N#Cc1ccc(COc2cccc(N3C4CCC3CC(Cc3nc5ccc(C(=O)O)cc5n3C[C@@H]3CCO3)C4)n2)c(F)c1. The number of aromatic carboxylic acids is 1. The predicted octanol–water partition coefficient (Wildman–Crippen LogP) is 5.50. The molecule has 0 aliphatic carbocycles. The van der Waals surface area contributed by atoms with Gasteiger partial charge < -0.3 is 24.0 Å². The molecule has 10 heteroatoms. The van der Waals surface area contributed by atoms with E-state index in [1.165, 1.54) is 6.07 Å². The zero-order chi connectivity index (χ0) is 29.5. The van der Waals surface area contributed by atoms with E-state index in [1.54, 1.807) is 30.3 Å². The van der Waals surface area contributed by atoms with Gasteiger partial charge >= 0.3 is 5.97 Å². The van der Waals surface area contributed by atoms with Crippen molar-refractivity contribution in [2.45, 2.75) is 69.9 Å². The van der Waals surface area contributed by atoms with Gasteiger partial charge in [0.25, 0.3) is 0 Å². The number of carboxylic acids is 1. The molecule has 3 atom stereocenters. The Morgan fingerprint density at radius 3 is 2.60 bits per heavy atom. The van der Waals surface area contributed by atoms with Crippen LogP contribution in [0.3, 0.4) is 0 Å². The molecule has 2 bridgehead atoms. The fourth-order valence-corrected chi connectivity index (χ4v) is 6.90. The lowest BCUT2D eigenvalue weighted by molar-refractivity contribution is -0.0590. The number of anilines is 1. The van der Waals surface area contributed by atoms with Crippen LogP contribution in [0, 0.1) is 23.1 Å². The zero-order valence-corrected chi connectivity index (χ0v) is 23.7. The maximum absolute atomic E-state index is 14.3. The quantitative estimate of drug-likeness (QED) is 0.276. The van der Waals surface area contributed by atoms with Gasteiger partial charge in [-0.1, -0.05) is 12.1 Å². The third-order valence-corrected chi connectivity index (χ3v) is 9.09. The van der Waals surface area contributed by atoms with Crippen molar-refractivity contribution in [3.05, 3.63) is 82.9 Å². The van der Waals surface area contributed by atoms with Crippen LogP contribution >= 0.6 is 0 Å².